The van der Waals surface area contributed by atoms with Gasteiger partial charge < -0.3 is 0 Å². The Labute approximate surface area is 136 Å². The largest absolute Gasteiger partial charge is 0.293 e. The van der Waals surface area contributed by atoms with Gasteiger partial charge in [-0.25, -0.2) is 4.98 Å². The molecule has 0 fully saturated rings. The molecule has 2 aromatic carbocycles. The quantitative estimate of drug-likeness (QED) is 0.666. The highest BCUT2D eigenvalue weighted by atomic mass is 32.1. The van der Waals surface area contributed by atoms with Crippen molar-refractivity contribution >= 4 is 21.6 Å². The molecule has 0 amide bonds. The van der Waals surface area contributed by atoms with Gasteiger partial charge in [-0.05, 0) is 51.1 Å². The summed E-state index contributed by atoms with van der Waals surface area (Å²) in [5.41, 5.74) is 5.18. The first-order valence-corrected chi connectivity index (χ1v) is 8.48. The Balaban J connectivity index is 1.81. The standard InChI is InChI=1S/C19H22N2S/c1-13-9-10-14(2)16(11-13)12-21(4)15(3)19-20-17-7-5-6-8-18(17)22-19/h5-11,15H,12H2,1-4H3/t15-/m1/s1. The van der Waals surface area contributed by atoms with Crippen LogP contribution in [0.4, 0.5) is 0 Å². The van der Waals surface area contributed by atoms with Crippen molar-refractivity contribution in [2.75, 3.05) is 7.05 Å². The summed E-state index contributed by atoms with van der Waals surface area (Å²) in [5.74, 6) is 0. The van der Waals surface area contributed by atoms with E-state index in [4.69, 9.17) is 4.98 Å². The van der Waals surface area contributed by atoms with Crippen LogP contribution in [0.1, 0.15) is 34.7 Å². The van der Waals surface area contributed by atoms with Crippen LogP contribution >= 0.6 is 11.3 Å². The summed E-state index contributed by atoms with van der Waals surface area (Å²) in [6.45, 7) is 7.53. The molecule has 0 bridgehead atoms. The third-order valence-corrected chi connectivity index (χ3v) is 5.46. The second kappa shape index (κ2) is 6.19. The van der Waals surface area contributed by atoms with Crippen molar-refractivity contribution < 1.29 is 0 Å². The number of para-hydroxylation sites is 1. The van der Waals surface area contributed by atoms with E-state index in [1.165, 1.54) is 26.4 Å². The van der Waals surface area contributed by atoms with E-state index in [0.29, 0.717) is 6.04 Å². The second-order valence-corrected chi connectivity index (χ2v) is 7.10. The Hall–Kier alpha value is -1.71. The monoisotopic (exact) mass is 310 g/mol. The molecule has 2 nitrogen and oxygen atoms in total. The van der Waals surface area contributed by atoms with E-state index in [-0.39, 0.29) is 0 Å². The first kappa shape index (κ1) is 15.2. The summed E-state index contributed by atoms with van der Waals surface area (Å²) < 4.78 is 1.27. The predicted octanol–water partition coefficient (Wildman–Crippen LogP) is 5.11. The molecule has 0 aliphatic rings. The molecule has 0 radical (unpaired) electrons. The number of aromatic nitrogens is 1. The number of nitrogens with zero attached hydrogens (tertiary/aromatic N) is 2. The van der Waals surface area contributed by atoms with Gasteiger partial charge in [0.15, 0.2) is 0 Å². The van der Waals surface area contributed by atoms with Gasteiger partial charge in [0.05, 0.1) is 16.3 Å². The maximum absolute atomic E-state index is 4.79. The maximum atomic E-state index is 4.79. The Morgan fingerprint density at radius 2 is 1.91 bits per heavy atom. The highest BCUT2D eigenvalue weighted by molar-refractivity contribution is 7.18. The van der Waals surface area contributed by atoms with Crippen molar-refractivity contribution in [3.8, 4) is 0 Å². The number of aryl methyl sites for hydroxylation is 2. The van der Waals surface area contributed by atoms with Gasteiger partial charge in [-0.15, -0.1) is 11.3 Å². The summed E-state index contributed by atoms with van der Waals surface area (Å²) >= 11 is 1.80. The number of rotatable bonds is 4. The van der Waals surface area contributed by atoms with Crippen molar-refractivity contribution in [3.05, 3.63) is 64.2 Å². The summed E-state index contributed by atoms with van der Waals surface area (Å²) in [4.78, 5) is 7.17. The van der Waals surface area contributed by atoms with Crippen molar-refractivity contribution in [2.45, 2.75) is 33.4 Å². The number of benzene rings is 2. The third kappa shape index (κ3) is 3.06. The summed E-state index contributed by atoms with van der Waals surface area (Å²) in [7, 11) is 2.18. The van der Waals surface area contributed by atoms with Crippen molar-refractivity contribution in [1.82, 2.24) is 9.88 Å². The van der Waals surface area contributed by atoms with Gasteiger partial charge in [-0.2, -0.15) is 0 Å². The van der Waals surface area contributed by atoms with E-state index < -0.39 is 0 Å². The van der Waals surface area contributed by atoms with Gasteiger partial charge in [-0.1, -0.05) is 35.9 Å². The predicted molar refractivity (Wildman–Crippen MR) is 95.4 cm³/mol. The van der Waals surface area contributed by atoms with E-state index in [0.717, 1.165) is 12.1 Å². The van der Waals surface area contributed by atoms with E-state index in [1.807, 2.05) is 0 Å². The van der Waals surface area contributed by atoms with Crippen molar-refractivity contribution in [3.63, 3.8) is 0 Å². The molecular weight excluding hydrogens is 288 g/mol. The van der Waals surface area contributed by atoms with Gasteiger partial charge in [-0.3, -0.25) is 4.90 Å². The Morgan fingerprint density at radius 1 is 1.14 bits per heavy atom. The third-order valence-electron chi connectivity index (χ3n) is 4.25. The summed E-state index contributed by atoms with van der Waals surface area (Å²) in [6, 6.07) is 15.4. The van der Waals surface area contributed by atoms with Crippen molar-refractivity contribution in [1.29, 1.82) is 0 Å². The molecule has 0 saturated heterocycles. The normalized spacial score (nSPS) is 13.0. The lowest BCUT2D eigenvalue weighted by Gasteiger charge is -2.24. The summed E-state index contributed by atoms with van der Waals surface area (Å²) in [6.07, 6.45) is 0. The summed E-state index contributed by atoms with van der Waals surface area (Å²) in [5, 5.41) is 1.19. The molecular formula is C19H22N2S. The molecule has 0 spiro atoms. The number of hydrogen-bond acceptors (Lipinski definition) is 3. The lowest BCUT2D eigenvalue weighted by atomic mass is 10.0. The topological polar surface area (TPSA) is 16.1 Å². The number of thiazole rings is 1. The highest BCUT2D eigenvalue weighted by Gasteiger charge is 2.17. The Kier molecular flexibility index (Phi) is 4.27. The van der Waals surface area contributed by atoms with E-state index in [9.17, 15) is 0 Å². The van der Waals surface area contributed by atoms with Crippen LogP contribution in [-0.4, -0.2) is 16.9 Å². The van der Waals surface area contributed by atoms with Crippen LogP contribution < -0.4 is 0 Å². The molecule has 3 aromatic rings. The molecule has 22 heavy (non-hydrogen) atoms. The van der Waals surface area contributed by atoms with Crippen LogP contribution in [0.2, 0.25) is 0 Å². The van der Waals surface area contributed by atoms with Gasteiger partial charge in [0.2, 0.25) is 0 Å². The van der Waals surface area contributed by atoms with Gasteiger partial charge in [0, 0.05) is 6.54 Å². The minimum Gasteiger partial charge on any atom is -0.293 e. The molecule has 0 N–H and O–H groups in total. The molecule has 1 atom stereocenters. The number of hydrogen-bond donors (Lipinski definition) is 0. The van der Waals surface area contributed by atoms with Crippen LogP contribution in [0.25, 0.3) is 10.2 Å². The first-order valence-electron chi connectivity index (χ1n) is 7.66. The van der Waals surface area contributed by atoms with Crippen LogP contribution in [-0.2, 0) is 6.54 Å². The fourth-order valence-electron chi connectivity index (χ4n) is 2.63. The van der Waals surface area contributed by atoms with Crippen LogP contribution in [0.15, 0.2) is 42.5 Å². The lowest BCUT2D eigenvalue weighted by Crippen LogP contribution is -2.22. The van der Waals surface area contributed by atoms with Gasteiger partial charge in [0.1, 0.15) is 5.01 Å². The van der Waals surface area contributed by atoms with Gasteiger partial charge >= 0.3 is 0 Å². The molecule has 0 aliphatic carbocycles. The first-order chi connectivity index (χ1) is 10.5. The van der Waals surface area contributed by atoms with Crippen molar-refractivity contribution in [2.24, 2.45) is 0 Å². The zero-order chi connectivity index (χ0) is 15.7. The molecule has 0 aliphatic heterocycles. The zero-order valence-corrected chi connectivity index (χ0v) is 14.4. The Morgan fingerprint density at radius 3 is 2.68 bits per heavy atom. The fraction of sp³-hybridized carbons (Fsp3) is 0.316. The molecule has 114 valence electrons. The van der Waals surface area contributed by atoms with E-state index in [1.54, 1.807) is 11.3 Å². The van der Waals surface area contributed by atoms with E-state index >= 15 is 0 Å². The minimum absolute atomic E-state index is 0.317. The molecule has 3 rings (SSSR count). The van der Waals surface area contributed by atoms with Gasteiger partial charge in [0.25, 0.3) is 0 Å². The average Bonchev–Trinajstić information content (AvgIpc) is 2.94. The average molecular weight is 310 g/mol. The SMILES string of the molecule is Cc1ccc(C)c(CN(C)[C@H](C)c2nc3ccccc3s2)c1. The Bertz CT molecular complexity index is 758. The smallest absolute Gasteiger partial charge is 0.111 e. The molecule has 0 unspecified atom stereocenters. The van der Waals surface area contributed by atoms with Crippen LogP contribution in [0, 0.1) is 13.8 Å². The van der Waals surface area contributed by atoms with E-state index in [2.05, 4.69) is 75.2 Å². The highest BCUT2D eigenvalue weighted by Crippen LogP contribution is 2.29. The second-order valence-electron chi connectivity index (χ2n) is 6.04. The minimum atomic E-state index is 0.317. The molecule has 0 saturated carbocycles. The maximum Gasteiger partial charge on any atom is 0.111 e. The number of fused-ring (bicyclic) bond motifs is 1. The zero-order valence-electron chi connectivity index (χ0n) is 13.6. The van der Waals surface area contributed by atoms with Crippen LogP contribution in [0.5, 0.6) is 0 Å². The lowest BCUT2D eigenvalue weighted by molar-refractivity contribution is 0.252. The molecule has 1 heterocycles. The van der Waals surface area contributed by atoms with Crippen LogP contribution in [0.3, 0.4) is 0 Å². The molecule has 1 aromatic heterocycles. The fourth-order valence-corrected chi connectivity index (χ4v) is 3.72. The molecule has 3 heteroatoms.